The molecule has 0 aliphatic heterocycles. The van der Waals surface area contributed by atoms with Gasteiger partial charge in [0.15, 0.2) is 0 Å². The van der Waals surface area contributed by atoms with Gasteiger partial charge in [0.1, 0.15) is 15.8 Å². The number of nitriles is 1. The van der Waals surface area contributed by atoms with Gasteiger partial charge in [-0.3, -0.25) is 4.79 Å². The van der Waals surface area contributed by atoms with E-state index in [4.69, 9.17) is 5.73 Å². The van der Waals surface area contributed by atoms with E-state index in [1.807, 2.05) is 13.8 Å². The predicted molar refractivity (Wildman–Crippen MR) is 71.7 cm³/mol. The van der Waals surface area contributed by atoms with E-state index in [0.717, 1.165) is 28.6 Å². The van der Waals surface area contributed by atoms with Crippen molar-refractivity contribution < 1.29 is 4.79 Å². The molecule has 0 unspecified atom stereocenters. The minimum Gasteiger partial charge on any atom is -0.365 e. The molecule has 2 heterocycles. The maximum Gasteiger partial charge on any atom is 0.260 e. The first-order valence-electron chi connectivity index (χ1n) is 5.63. The average molecular weight is 259 g/mol. The van der Waals surface area contributed by atoms with Crippen molar-refractivity contribution in [3.8, 4) is 6.07 Å². The van der Waals surface area contributed by atoms with Gasteiger partial charge >= 0.3 is 0 Å². The first kappa shape index (κ1) is 12.5. The van der Waals surface area contributed by atoms with Crippen LogP contribution < -0.4 is 5.73 Å². The lowest BCUT2D eigenvalue weighted by atomic mass is 10.00. The first-order valence-corrected chi connectivity index (χ1v) is 6.45. The Labute approximate surface area is 109 Å². The van der Waals surface area contributed by atoms with Crippen LogP contribution >= 0.6 is 11.3 Å². The number of carbonyl (C=O) groups is 1. The lowest BCUT2D eigenvalue weighted by Gasteiger charge is -2.07. The zero-order valence-electron chi connectivity index (χ0n) is 10.5. The number of fused-ring (bicyclic) bond motifs is 1. The van der Waals surface area contributed by atoms with E-state index in [9.17, 15) is 10.1 Å². The third-order valence-electron chi connectivity index (χ3n) is 3.11. The van der Waals surface area contributed by atoms with Crippen molar-refractivity contribution in [2.24, 2.45) is 5.73 Å². The van der Waals surface area contributed by atoms with Crippen LogP contribution in [-0.2, 0) is 6.42 Å². The second-order valence-corrected chi connectivity index (χ2v) is 5.12. The fourth-order valence-corrected chi connectivity index (χ4v) is 3.37. The van der Waals surface area contributed by atoms with Crippen LogP contribution in [0.25, 0.3) is 10.2 Å². The van der Waals surface area contributed by atoms with Crippen LogP contribution in [-0.4, -0.2) is 10.9 Å². The quantitative estimate of drug-likeness (QED) is 0.899. The number of hydrogen-bond donors (Lipinski definition) is 1. The Balaban J connectivity index is 2.96. The number of nitrogens with zero attached hydrogens (tertiary/aromatic N) is 2. The smallest absolute Gasteiger partial charge is 0.260 e. The van der Waals surface area contributed by atoms with Crippen LogP contribution in [0.5, 0.6) is 0 Å². The van der Waals surface area contributed by atoms with Crippen molar-refractivity contribution >= 4 is 27.5 Å². The summed E-state index contributed by atoms with van der Waals surface area (Å²) in [5.41, 5.74) is 8.78. The Morgan fingerprint density at radius 2 is 2.17 bits per heavy atom. The zero-order chi connectivity index (χ0) is 13.4. The lowest BCUT2D eigenvalue weighted by Crippen LogP contribution is -2.10. The summed E-state index contributed by atoms with van der Waals surface area (Å²) >= 11 is 1.20. The molecule has 0 atom stereocenters. The highest BCUT2D eigenvalue weighted by Gasteiger charge is 2.20. The molecule has 0 aliphatic carbocycles. The first-order chi connectivity index (χ1) is 8.51. The highest BCUT2D eigenvalue weighted by Crippen LogP contribution is 2.34. The molecule has 2 aromatic rings. The molecular formula is C13H13N3OS. The highest BCUT2D eigenvalue weighted by atomic mass is 32.1. The molecule has 0 spiro atoms. The minimum absolute atomic E-state index is 0.302. The van der Waals surface area contributed by atoms with E-state index >= 15 is 0 Å². The predicted octanol–water partition coefficient (Wildman–Crippen LogP) is 2.45. The molecule has 2 rings (SSSR count). The SMILES string of the molecule is CCc1c(C)nc2sc(C(N)=O)c(C#N)c2c1C. The van der Waals surface area contributed by atoms with Gasteiger partial charge in [-0.15, -0.1) is 11.3 Å². The molecule has 18 heavy (non-hydrogen) atoms. The van der Waals surface area contributed by atoms with E-state index in [1.165, 1.54) is 11.3 Å². The van der Waals surface area contributed by atoms with Gasteiger partial charge in [-0.25, -0.2) is 4.98 Å². The highest BCUT2D eigenvalue weighted by molar-refractivity contribution is 7.20. The molecule has 0 aromatic carbocycles. The second kappa shape index (κ2) is 4.39. The van der Waals surface area contributed by atoms with Gasteiger partial charge in [0.2, 0.25) is 0 Å². The maximum atomic E-state index is 11.4. The number of aryl methyl sites for hydroxylation is 2. The molecule has 2 aromatic heterocycles. The number of primary amides is 1. The van der Waals surface area contributed by atoms with Gasteiger partial charge in [0.25, 0.3) is 5.91 Å². The topological polar surface area (TPSA) is 79.8 Å². The number of rotatable bonds is 2. The summed E-state index contributed by atoms with van der Waals surface area (Å²) in [6.45, 7) is 5.96. The van der Waals surface area contributed by atoms with Crippen LogP contribution in [0.3, 0.4) is 0 Å². The Morgan fingerprint density at radius 1 is 1.50 bits per heavy atom. The largest absolute Gasteiger partial charge is 0.365 e. The molecule has 0 aliphatic rings. The van der Waals surface area contributed by atoms with Gasteiger partial charge < -0.3 is 5.73 Å². The van der Waals surface area contributed by atoms with Crippen LogP contribution in [0.4, 0.5) is 0 Å². The van der Waals surface area contributed by atoms with Crippen molar-refractivity contribution in [2.75, 3.05) is 0 Å². The molecule has 0 fully saturated rings. The number of thiophene rings is 1. The summed E-state index contributed by atoms with van der Waals surface area (Å²) in [5, 5.41) is 10.0. The number of nitrogens with two attached hydrogens (primary N) is 1. The second-order valence-electron chi connectivity index (χ2n) is 4.12. The molecule has 2 N–H and O–H groups in total. The third-order valence-corrected chi connectivity index (χ3v) is 4.21. The summed E-state index contributed by atoms with van der Waals surface area (Å²) in [6.07, 6.45) is 0.854. The fourth-order valence-electron chi connectivity index (χ4n) is 2.29. The summed E-state index contributed by atoms with van der Waals surface area (Å²) < 4.78 is 0. The summed E-state index contributed by atoms with van der Waals surface area (Å²) in [6, 6.07) is 2.08. The maximum absolute atomic E-state index is 11.4. The number of amides is 1. The Bertz CT molecular complexity index is 695. The molecule has 0 radical (unpaired) electrons. The van der Waals surface area contributed by atoms with E-state index < -0.39 is 5.91 Å². The normalized spacial score (nSPS) is 10.6. The fraction of sp³-hybridized carbons (Fsp3) is 0.308. The number of hydrogen-bond acceptors (Lipinski definition) is 4. The Morgan fingerprint density at radius 3 is 2.67 bits per heavy atom. The lowest BCUT2D eigenvalue weighted by molar-refractivity contribution is 0.100. The summed E-state index contributed by atoms with van der Waals surface area (Å²) in [7, 11) is 0. The molecule has 92 valence electrons. The van der Waals surface area contributed by atoms with Crippen LogP contribution in [0.2, 0.25) is 0 Å². The summed E-state index contributed by atoms with van der Waals surface area (Å²) in [4.78, 5) is 16.9. The molecule has 0 bridgehead atoms. The Kier molecular flexibility index (Phi) is 3.05. The van der Waals surface area contributed by atoms with Crippen molar-refractivity contribution in [3.63, 3.8) is 0 Å². The van der Waals surface area contributed by atoms with Crippen molar-refractivity contribution in [2.45, 2.75) is 27.2 Å². The average Bonchev–Trinajstić information content (AvgIpc) is 2.68. The van der Waals surface area contributed by atoms with Crippen LogP contribution in [0.1, 0.15) is 39.0 Å². The molecule has 0 saturated carbocycles. The number of aromatic nitrogens is 1. The van der Waals surface area contributed by atoms with Crippen molar-refractivity contribution in [1.82, 2.24) is 4.98 Å². The molecule has 5 heteroatoms. The van der Waals surface area contributed by atoms with Crippen molar-refractivity contribution in [1.29, 1.82) is 5.26 Å². The summed E-state index contributed by atoms with van der Waals surface area (Å²) in [5.74, 6) is -0.565. The van der Waals surface area contributed by atoms with Crippen LogP contribution in [0, 0.1) is 25.2 Å². The van der Waals surface area contributed by atoms with Gasteiger partial charge in [0.05, 0.1) is 5.56 Å². The molecule has 0 saturated heterocycles. The zero-order valence-corrected chi connectivity index (χ0v) is 11.3. The number of carbonyl (C=O) groups excluding carboxylic acids is 1. The van der Waals surface area contributed by atoms with E-state index in [1.54, 1.807) is 0 Å². The molecule has 1 amide bonds. The van der Waals surface area contributed by atoms with E-state index in [0.29, 0.717) is 15.3 Å². The standard InChI is InChI=1S/C13H13N3OS/c1-4-8-6(2)10-9(5-14)11(12(15)17)18-13(10)16-7(8)3/h4H2,1-3H3,(H2,15,17). The van der Waals surface area contributed by atoms with Crippen molar-refractivity contribution in [3.05, 3.63) is 27.3 Å². The molecular weight excluding hydrogens is 246 g/mol. The number of pyridine rings is 1. The van der Waals surface area contributed by atoms with Gasteiger partial charge in [0, 0.05) is 11.1 Å². The van der Waals surface area contributed by atoms with Gasteiger partial charge in [-0.05, 0) is 31.4 Å². The van der Waals surface area contributed by atoms with Gasteiger partial charge in [-0.1, -0.05) is 6.92 Å². The minimum atomic E-state index is -0.565. The van der Waals surface area contributed by atoms with E-state index in [2.05, 4.69) is 18.0 Å². The molecule has 4 nitrogen and oxygen atoms in total. The van der Waals surface area contributed by atoms with Gasteiger partial charge in [-0.2, -0.15) is 5.26 Å². The monoisotopic (exact) mass is 259 g/mol. The Hall–Kier alpha value is -1.93. The van der Waals surface area contributed by atoms with Crippen LogP contribution in [0.15, 0.2) is 0 Å². The van der Waals surface area contributed by atoms with E-state index in [-0.39, 0.29) is 0 Å². The third kappa shape index (κ3) is 1.66.